The Morgan fingerprint density at radius 1 is 1.03 bits per heavy atom. The third-order valence-corrected chi connectivity index (χ3v) is 5.98. The number of para-hydroxylation sites is 1. The molecule has 0 radical (unpaired) electrons. The topological polar surface area (TPSA) is 115 Å². The summed E-state index contributed by atoms with van der Waals surface area (Å²) in [5.74, 6) is -0.876. The maximum atomic E-state index is 15.1. The van der Waals surface area contributed by atoms with E-state index in [1.165, 1.54) is 35.0 Å². The lowest BCUT2D eigenvalue weighted by Gasteiger charge is -2.22. The minimum absolute atomic E-state index is 0.144. The average molecular weight is 533 g/mol. The van der Waals surface area contributed by atoms with E-state index in [4.69, 9.17) is 11.5 Å². The molecule has 4 rings (SSSR count). The van der Waals surface area contributed by atoms with Crippen LogP contribution in [0.3, 0.4) is 0 Å². The molecule has 0 aliphatic carbocycles. The highest BCUT2D eigenvalue weighted by Crippen LogP contribution is 2.34. The fourth-order valence-electron chi connectivity index (χ4n) is 4.18. The van der Waals surface area contributed by atoms with Crippen LogP contribution in [0.2, 0.25) is 0 Å². The summed E-state index contributed by atoms with van der Waals surface area (Å²) < 4.78 is 58.9. The van der Waals surface area contributed by atoms with Gasteiger partial charge in [-0.25, -0.2) is 9.18 Å². The SMILES string of the molecule is NCCCN(CCCN)Cc1ccc(-n2cc3cc(-c4ccccc4OC(F)(F)F)[nH]c3nc2=O)cc1F. The number of hydrogen-bond acceptors (Lipinski definition) is 6. The van der Waals surface area contributed by atoms with Gasteiger partial charge in [-0.2, -0.15) is 4.98 Å². The number of ether oxygens (including phenoxy) is 1. The lowest BCUT2D eigenvalue weighted by Crippen LogP contribution is -2.29. The molecule has 5 N–H and O–H groups in total. The molecule has 0 saturated carbocycles. The predicted molar refractivity (Wildman–Crippen MR) is 136 cm³/mol. The van der Waals surface area contributed by atoms with Crippen molar-refractivity contribution in [2.75, 3.05) is 26.2 Å². The molecule has 0 atom stereocenters. The molecule has 0 amide bonds. The Hall–Kier alpha value is -3.74. The van der Waals surface area contributed by atoms with E-state index in [0.717, 1.165) is 12.8 Å². The molecule has 0 unspecified atom stereocenters. The Bertz CT molecular complexity index is 1440. The second kappa shape index (κ2) is 11.8. The summed E-state index contributed by atoms with van der Waals surface area (Å²) in [6.45, 7) is 2.86. The number of alkyl halides is 3. The van der Waals surface area contributed by atoms with Crippen LogP contribution in [0.5, 0.6) is 5.75 Å². The van der Waals surface area contributed by atoms with Crippen molar-refractivity contribution in [1.82, 2.24) is 19.4 Å². The molecular formula is C26H28F4N6O2. The van der Waals surface area contributed by atoms with E-state index in [-0.39, 0.29) is 22.6 Å². The number of fused-ring (bicyclic) bond motifs is 1. The number of H-pyrrole nitrogens is 1. The highest BCUT2D eigenvalue weighted by atomic mass is 19.4. The largest absolute Gasteiger partial charge is 0.573 e. The van der Waals surface area contributed by atoms with Crippen molar-refractivity contribution in [2.45, 2.75) is 25.7 Å². The van der Waals surface area contributed by atoms with E-state index >= 15 is 4.39 Å². The Labute approximate surface area is 215 Å². The van der Waals surface area contributed by atoms with Gasteiger partial charge in [0.2, 0.25) is 0 Å². The Balaban J connectivity index is 1.63. The second-order valence-corrected chi connectivity index (χ2v) is 8.76. The van der Waals surface area contributed by atoms with Crippen LogP contribution in [0, 0.1) is 5.82 Å². The van der Waals surface area contributed by atoms with E-state index in [1.54, 1.807) is 24.3 Å². The monoisotopic (exact) mass is 532 g/mol. The molecule has 2 heterocycles. The lowest BCUT2D eigenvalue weighted by atomic mass is 10.1. The average Bonchev–Trinajstić information content (AvgIpc) is 3.28. The molecule has 12 heteroatoms. The molecule has 2 aromatic carbocycles. The molecule has 0 bridgehead atoms. The molecule has 38 heavy (non-hydrogen) atoms. The number of nitrogens with zero attached hydrogens (tertiary/aromatic N) is 3. The maximum Gasteiger partial charge on any atom is 0.573 e. The first-order valence-corrected chi connectivity index (χ1v) is 12.1. The summed E-state index contributed by atoms with van der Waals surface area (Å²) >= 11 is 0. The van der Waals surface area contributed by atoms with Crippen molar-refractivity contribution < 1.29 is 22.3 Å². The van der Waals surface area contributed by atoms with Gasteiger partial charge < -0.3 is 21.2 Å². The minimum Gasteiger partial charge on any atom is -0.405 e. The third kappa shape index (κ3) is 6.57. The summed E-state index contributed by atoms with van der Waals surface area (Å²) in [7, 11) is 0. The van der Waals surface area contributed by atoms with Crippen LogP contribution in [0.25, 0.3) is 28.0 Å². The molecule has 4 aromatic rings. The summed E-state index contributed by atoms with van der Waals surface area (Å²) in [6, 6.07) is 11.7. The summed E-state index contributed by atoms with van der Waals surface area (Å²) in [5, 5.41) is 0.445. The molecule has 0 saturated heterocycles. The zero-order valence-corrected chi connectivity index (χ0v) is 20.5. The van der Waals surface area contributed by atoms with Gasteiger partial charge in [-0.3, -0.25) is 9.47 Å². The van der Waals surface area contributed by atoms with Gasteiger partial charge in [0.1, 0.15) is 17.2 Å². The van der Waals surface area contributed by atoms with Crippen molar-refractivity contribution in [2.24, 2.45) is 11.5 Å². The number of nitrogens with two attached hydrogens (primary N) is 2. The maximum absolute atomic E-state index is 15.1. The fraction of sp³-hybridized carbons (Fsp3) is 0.308. The molecule has 202 valence electrons. The standard InChI is InChI=1S/C26H28F4N6O2/c27-21-14-19(8-7-17(21)15-35(11-3-9-31)12-4-10-32)36-16-18-13-22(33-24(18)34-25(36)37)20-5-1-2-6-23(20)38-26(28,29)30/h1-2,5-8,13-14,16H,3-4,9-12,15,31-32H2,(H,33,34,37). The van der Waals surface area contributed by atoms with Gasteiger partial charge >= 0.3 is 12.1 Å². The van der Waals surface area contributed by atoms with Gasteiger partial charge in [-0.15, -0.1) is 13.2 Å². The molecule has 0 spiro atoms. The van der Waals surface area contributed by atoms with Crippen LogP contribution < -0.4 is 21.9 Å². The smallest absolute Gasteiger partial charge is 0.405 e. The first kappa shape index (κ1) is 27.3. The molecule has 0 aliphatic heterocycles. The van der Waals surface area contributed by atoms with Crippen LogP contribution in [0.15, 0.2) is 59.5 Å². The van der Waals surface area contributed by atoms with Crippen molar-refractivity contribution in [3.63, 3.8) is 0 Å². The first-order chi connectivity index (χ1) is 18.2. The van der Waals surface area contributed by atoms with Crippen molar-refractivity contribution >= 4 is 11.0 Å². The van der Waals surface area contributed by atoms with Crippen LogP contribution in [0.4, 0.5) is 17.6 Å². The molecule has 8 nitrogen and oxygen atoms in total. The van der Waals surface area contributed by atoms with E-state index in [1.807, 2.05) is 0 Å². The second-order valence-electron chi connectivity index (χ2n) is 8.76. The zero-order valence-electron chi connectivity index (χ0n) is 20.5. The number of aromatic nitrogens is 3. The summed E-state index contributed by atoms with van der Waals surface area (Å²) in [6.07, 6.45) is -1.86. The van der Waals surface area contributed by atoms with Gasteiger partial charge in [0.05, 0.1) is 11.4 Å². The number of halogens is 4. The van der Waals surface area contributed by atoms with Crippen molar-refractivity contribution in [1.29, 1.82) is 0 Å². The van der Waals surface area contributed by atoms with Gasteiger partial charge in [-0.05, 0) is 69.4 Å². The zero-order chi connectivity index (χ0) is 27.3. The number of rotatable bonds is 11. The fourth-order valence-corrected chi connectivity index (χ4v) is 4.18. The van der Waals surface area contributed by atoms with Crippen LogP contribution in [0.1, 0.15) is 18.4 Å². The van der Waals surface area contributed by atoms with Gasteiger partial charge in [0.15, 0.2) is 0 Å². The summed E-state index contributed by atoms with van der Waals surface area (Å²) in [4.78, 5) is 21.7. The van der Waals surface area contributed by atoms with Crippen LogP contribution in [-0.2, 0) is 6.54 Å². The number of hydrogen-bond donors (Lipinski definition) is 3. The van der Waals surface area contributed by atoms with Crippen LogP contribution in [-0.4, -0.2) is 52.0 Å². The highest BCUT2D eigenvalue weighted by molar-refractivity contribution is 5.84. The van der Waals surface area contributed by atoms with Gasteiger partial charge in [-0.1, -0.05) is 18.2 Å². The number of aromatic amines is 1. The van der Waals surface area contributed by atoms with Gasteiger partial charge in [0.25, 0.3) is 0 Å². The van der Waals surface area contributed by atoms with Gasteiger partial charge in [0, 0.05) is 29.3 Å². The summed E-state index contributed by atoms with van der Waals surface area (Å²) in [5.41, 5.74) is 11.9. The molecule has 2 aromatic heterocycles. The van der Waals surface area contributed by atoms with E-state index in [0.29, 0.717) is 43.7 Å². The van der Waals surface area contributed by atoms with E-state index < -0.39 is 23.6 Å². The van der Waals surface area contributed by atoms with E-state index in [2.05, 4.69) is 19.6 Å². The van der Waals surface area contributed by atoms with Crippen molar-refractivity contribution in [3.8, 4) is 22.7 Å². The van der Waals surface area contributed by atoms with E-state index in [9.17, 15) is 18.0 Å². The molecule has 0 aliphatic rings. The Kier molecular flexibility index (Phi) is 8.45. The first-order valence-electron chi connectivity index (χ1n) is 12.1. The molecule has 0 fully saturated rings. The predicted octanol–water partition coefficient (Wildman–Crippen LogP) is 3.92. The quantitative estimate of drug-likeness (QED) is 0.252. The Morgan fingerprint density at radius 2 is 1.74 bits per heavy atom. The van der Waals surface area contributed by atoms with Crippen LogP contribution >= 0.6 is 0 Å². The third-order valence-electron chi connectivity index (χ3n) is 5.98. The number of nitrogens with one attached hydrogen (secondary N) is 1. The highest BCUT2D eigenvalue weighted by Gasteiger charge is 2.32. The molecular weight excluding hydrogens is 504 g/mol. The number of benzene rings is 2. The lowest BCUT2D eigenvalue weighted by molar-refractivity contribution is -0.274. The normalized spacial score (nSPS) is 12.0. The minimum atomic E-state index is -4.87. The van der Waals surface area contributed by atoms with Crippen molar-refractivity contribution in [3.05, 3.63) is 76.6 Å². The Morgan fingerprint density at radius 3 is 2.39 bits per heavy atom.